The van der Waals surface area contributed by atoms with Crippen LogP contribution in [0.5, 0.6) is 11.5 Å². The van der Waals surface area contributed by atoms with Gasteiger partial charge in [0.1, 0.15) is 11.5 Å². The highest BCUT2D eigenvalue weighted by Gasteiger charge is 2.23. The highest BCUT2D eigenvalue weighted by atomic mass is 32.2. The molecule has 0 bridgehead atoms. The summed E-state index contributed by atoms with van der Waals surface area (Å²) in [6, 6.07) is 15.5. The monoisotopic (exact) mass is 482 g/mol. The SMILES string of the molecule is CCOc1ccc(NC(=O)CSc2nnc(C(C)Oc3ccccc3C(C)C)n2C(C)C)cc1. The van der Waals surface area contributed by atoms with Gasteiger partial charge in [-0.3, -0.25) is 4.79 Å². The molecule has 0 saturated carbocycles. The van der Waals surface area contributed by atoms with E-state index in [1.165, 1.54) is 11.8 Å². The van der Waals surface area contributed by atoms with Crippen LogP contribution in [0.1, 0.15) is 71.0 Å². The Morgan fingerprint density at radius 1 is 1.03 bits per heavy atom. The Morgan fingerprint density at radius 3 is 2.38 bits per heavy atom. The van der Waals surface area contributed by atoms with Gasteiger partial charge in [-0.15, -0.1) is 10.2 Å². The number of para-hydroxylation sites is 1. The summed E-state index contributed by atoms with van der Waals surface area (Å²) in [4.78, 5) is 12.5. The van der Waals surface area contributed by atoms with Gasteiger partial charge in [-0.25, -0.2) is 0 Å². The summed E-state index contributed by atoms with van der Waals surface area (Å²) in [5.41, 5.74) is 1.89. The lowest BCUT2D eigenvalue weighted by Crippen LogP contribution is -2.17. The summed E-state index contributed by atoms with van der Waals surface area (Å²) in [6.45, 7) is 13.0. The molecule has 1 N–H and O–H groups in total. The molecule has 0 aliphatic rings. The van der Waals surface area contributed by atoms with Gasteiger partial charge in [0.15, 0.2) is 17.1 Å². The quantitative estimate of drug-likeness (QED) is 0.325. The van der Waals surface area contributed by atoms with Gasteiger partial charge in [0.25, 0.3) is 0 Å². The summed E-state index contributed by atoms with van der Waals surface area (Å²) in [5.74, 6) is 2.84. The van der Waals surface area contributed by atoms with Crippen LogP contribution in [-0.4, -0.2) is 33.0 Å². The summed E-state index contributed by atoms with van der Waals surface area (Å²) in [5, 5.41) is 12.4. The Morgan fingerprint density at radius 2 is 1.74 bits per heavy atom. The maximum absolute atomic E-state index is 12.5. The highest BCUT2D eigenvalue weighted by molar-refractivity contribution is 7.99. The Balaban J connectivity index is 1.67. The van der Waals surface area contributed by atoms with Gasteiger partial charge >= 0.3 is 0 Å². The van der Waals surface area contributed by atoms with Crippen molar-refractivity contribution in [2.75, 3.05) is 17.7 Å². The average Bonchev–Trinajstić information content (AvgIpc) is 3.24. The van der Waals surface area contributed by atoms with Crippen molar-refractivity contribution >= 4 is 23.4 Å². The van der Waals surface area contributed by atoms with Crippen molar-refractivity contribution in [2.24, 2.45) is 0 Å². The lowest BCUT2D eigenvalue weighted by molar-refractivity contribution is -0.113. The fourth-order valence-electron chi connectivity index (χ4n) is 3.59. The topological polar surface area (TPSA) is 78.3 Å². The zero-order valence-electron chi connectivity index (χ0n) is 20.7. The maximum Gasteiger partial charge on any atom is 0.234 e. The van der Waals surface area contributed by atoms with Crippen LogP contribution in [0.2, 0.25) is 0 Å². The van der Waals surface area contributed by atoms with Crippen LogP contribution in [0, 0.1) is 0 Å². The predicted octanol–water partition coefficient (Wildman–Crippen LogP) is 6.25. The molecule has 8 heteroatoms. The van der Waals surface area contributed by atoms with Gasteiger partial charge in [-0.05, 0) is 69.5 Å². The van der Waals surface area contributed by atoms with Gasteiger partial charge < -0.3 is 19.4 Å². The zero-order chi connectivity index (χ0) is 24.7. The second-order valence-electron chi connectivity index (χ2n) is 8.55. The van der Waals surface area contributed by atoms with E-state index in [0.717, 1.165) is 28.6 Å². The molecule has 1 heterocycles. The molecule has 0 spiro atoms. The molecule has 7 nitrogen and oxygen atoms in total. The minimum atomic E-state index is -0.290. The summed E-state index contributed by atoms with van der Waals surface area (Å²) >= 11 is 1.36. The van der Waals surface area contributed by atoms with E-state index in [2.05, 4.69) is 49.3 Å². The normalized spacial score (nSPS) is 12.1. The summed E-state index contributed by atoms with van der Waals surface area (Å²) in [6.07, 6.45) is -0.290. The molecule has 0 fully saturated rings. The number of ether oxygens (including phenoxy) is 2. The van der Waals surface area contributed by atoms with Gasteiger partial charge in [0, 0.05) is 11.7 Å². The van der Waals surface area contributed by atoms with Gasteiger partial charge in [0.2, 0.25) is 5.91 Å². The molecule has 34 heavy (non-hydrogen) atoms. The van der Waals surface area contributed by atoms with E-state index in [9.17, 15) is 4.79 Å². The van der Waals surface area contributed by atoms with Crippen LogP contribution >= 0.6 is 11.8 Å². The van der Waals surface area contributed by atoms with E-state index in [0.29, 0.717) is 17.7 Å². The third kappa shape index (κ3) is 6.53. The van der Waals surface area contributed by atoms with Crippen LogP contribution in [0.15, 0.2) is 53.7 Å². The third-order valence-corrected chi connectivity index (χ3v) is 6.14. The number of thioether (sulfide) groups is 1. The van der Waals surface area contributed by atoms with Crippen molar-refractivity contribution < 1.29 is 14.3 Å². The van der Waals surface area contributed by atoms with Crippen molar-refractivity contribution in [3.63, 3.8) is 0 Å². The van der Waals surface area contributed by atoms with Gasteiger partial charge in [-0.2, -0.15) is 0 Å². The molecule has 182 valence electrons. The van der Waals surface area contributed by atoms with Crippen molar-refractivity contribution in [1.29, 1.82) is 0 Å². The lowest BCUT2D eigenvalue weighted by Gasteiger charge is -2.21. The average molecular weight is 483 g/mol. The van der Waals surface area contributed by atoms with Crippen LogP contribution in [0.25, 0.3) is 0 Å². The Hall–Kier alpha value is -3.00. The van der Waals surface area contributed by atoms with Gasteiger partial charge in [0.05, 0.1) is 12.4 Å². The van der Waals surface area contributed by atoms with Crippen molar-refractivity contribution in [1.82, 2.24) is 14.8 Å². The molecule has 1 aromatic heterocycles. The molecule has 1 unspecified atom stereocenters. The fraction of sp³-hybridized carbons (Fsp3) is 0.423. The number of benzene rings is 2. The standard InChI is InChI=1S/C26H34N4O3S/c1-7-32-21-14-12-20(13-15-21)27-24(31)16-34-26-29-28-25(30(26)18(4)5)19(6)33-23-11-9-8-10-22(23)17(2)3/h8-15,17-19H,7,16H2,1-6H3,(H,27,31). The molecule has 0 radical (unpaired) electrons. The lowest BCUT2D eigenvalue weighted by atomic mass is 10.0. The van der Waals surface area contributed by atoms with E-state index < -0.39 is 0 Å². The molecule has 3 rings (SSSR count). The Labute approximate surface area is 206 Å². The molecular formula is C26H34N4O3S. The Bertz CT molecular complexity index is 1080. The molecule has 0 aliphatic carbocycles. The summed E-state index contributed by atoms with van der Waals surface area (Å²) < 4.78 is 13.8. The first-order valence-corrected chi connectivity index (χ1v) is 12.6. The molecule has 3 aromatic rings. The van der Waals surface area contributed by atoms with Gasteiger partial charge in [-0.1, -0.05) is 43.8 Å². The minimum Gasteiger partial charge on any atom is -0.494 e. The number of hydrogen-bond acceptors (Lipinski definition) is 6. The number of amides is 1. The summed E-state index contributed by atoms with van der Waals surface area (Å²) in [7, 11) is 0. The second kappa shape index (κ2) is 11.9. The zero-order valence-corrected chi connectivity index (χ0v) is 21.6. The number of nitrogens with one attached hydrogen (secondary N) is 1. The minimum absolute atomic E-state index is 0.107. The number of nitrogens with zero attached hydrogens (tertiary/aromatic N) is 3. The third-order valence-electron chi connectivity index (χ3n) is 5.20. The molecule has 1 amide bonds. The smallest absolute Gasteiger partial charge is 0.234 e. The molecular weight excluding hydrogens is 448 g/mol. The highest BCUT2D eigenvalue weighted by Crippen LogP contribution is 2.32. The van der Waals surface area contributed by atoms with Crippen LogP contribution in [0.3, 0.4) is 0 Å². The van der Waals surface area contributed by atoms with Crippen molar-refractivity contribution in [3.8, 4) is 11.5 Å². The van der Waals surface area contributed by atoms with E-state index >= 15 is 0 Å². The fourth-order valence-corrected chi connectivity index (χ4v) is 4.46. The van der Waals surface area contributed by atoms with E-state index in [1.54, 1.807) is 0 Å². The first kappa shape index (κ1) is 25.6. The second-order valence-corrected chi connectivity index (χ2v) is 9.49. The number of hydrogen-bond donors (Lipinski definition) is 1. The molecule has 0 saturated heterocycles. The number of carbonyl (C=O) groups excluding carboxylic acids is 1. The first-order chi connectivity index (χ1) is 16.3. The molecule has 1 atom stereocenters. The number of anilines is 1. The van der Waals surface area contributed by atoms with E-state index in [4.69, 9.17) is 9.47 Å². The van der Waals surface area contributed by atoms with Crippen molar-refractivity contribution in [2.45, 2.75) is 64.8 Å². The number of carbonyl (C=O) groups is 1. The molecule has 0 aliphatic heterocycles. The van der Waals surface area contributed by atoms with Crippen LogP contribution < -0.4 is 14.8 Å². The largest absolute Gasteiger partial charge is 0.494 e. The van der Waals surface area contributed by atoms with Crippen LogP contribution in [-0.2, 0) is 4.79 Å². The van der Waals surface area contributed by atoms with E-state index in [1.807, 2.05) is 60.9 Å². The first-order valence-electron chi connectivity index (χ1n) is 11.7. The van der Waals surface area contributed by atoms with E-state index in [-0.39, 0.29) is 23.8 Å². The number of rotatable bonds is 11. The maximum atomic E-state index is 12.5. The van der Waals surface area contributed by atoms with Crippen molar-refractivity contribution in [3.05, 3.63) is 59.9 Å². The molecule has 2 aromatic carbocycles. The Kier molecular flexibility index (Phi) is 8.98. The number of aromatic nitrogens is 3. The van der Waals surface area contributed by atoms with Crippen LogP contribution in [0.4, 0.5) is 5.69 Å². The predicted molar refractivity (Wildman–Crippen MR) is 137 cm³/mol.